The second-order valence-corrected chi connectivity index (χ2v) is 3.58. The Kier molecular flexibility index (Phi) is 3.11. The zero-order chi connectivity index (χ0) is 9.14. The second-order valence-electron chi connectivity index (χ2n) is 2.54. The predicted octanol–water partition coefficient (Wildman–Crippen LogP) is -0.531. The molecule has 0 aromatic carbocycles. The first-order chi connectivity index (χ1) is 5.70. The zero-order valence-electron chi connectivity index (χ0n) is 6.82. The van der Waals surface area contributed by atoms with Gasteiger partial charge in [0.1, 0.15) is 0 Å². The molecule has 0 aromatic rings. The topological polar surface area (TPSA) is 57.6 Å². The summed E-state index contributed by atoms with van der Waals surface area (Å²) in [4.78, 5) is 23.6. The molecule has 68 valence electrons. The SMILES string of the molecule is CSC1CC(=O)N(CCO)C1=O. The number of imide groups is 1. The van der Waals surface area contributed by atoms with E-state index in [0.29, 0.717) is 0 Å². The van der Waals surface area contributed by atoms with Crippen molar-refractivity contribution in [3.05, 3.63) is 0 Å². The Hall–Kier alpha value is -0.550. The van der Waals surface area contributed by atoms with Gasteiger partial charge < -0.3 is 5.11 Å². The standard InChI is InChI=1S/C7H11NO3S/c1-12-5-4-6(10)8(2-3-9)7(5)11/h5,9H,2-4H2,1H3. The van der Waals surface area contributed by atoms with Gasteiger partial charge in [-0.05, 0) is 6.26 Å². The summed E-state index contributed by atoms with van der Waals surface area (Å²) in [5.41, 5.74) is 0. The van der Waals surface area contributed by atoms with Gasteiger partial charge in [0.25, 0.3) is 0 Å². The van der Waals surface area contributed by atoms with E-state index in [1.165, 1.54) is 11.8 Å². The Bertz CT molecular complexity index is 207. The van der Waals surface area contributed by atoms with Crippen LogP contribution in [0.5, 0.6) is 0 Å². The molecule has 1 aliphatic rings. The molecular weight excluding hydrogens is 178 g/mol. The van der Waals surface area contributed by atoms with Crippen LogP contribution < -0.4 is 0 Å². The van der Waals surface area contributed by atoms with Crippen molar-refractivity contribution in [3.8, 4) is 0 Å². The summed E-state index contributed by atoms with van der Waals surface area (Å²) in [6, 6.07) is 0. The van der Waals surface area contributed by atoms with Crippen LogP contribution in [0.1, 0.15) is 6.42 Å². The second kappa shape index (κ2) is 3.91. The summed E-state index contributed by atoms with van der Waals surface area (Å²) in [6.45, 7) is -0.0205. The minimum Gasteiger partial charge on any atom is -0.395 e. The number of amides is 2. The van der Waals surface area contributed by atoms with Crippen molar-refractivity contribution < 1.29 is 14.7 Å². The fourth-order valence-corrected chi connectivity index (χ4v) is 1.81. The van der Waals surface area contributed by atoms with Crippen LogP contribution in [0, 0.1) is 0 Å². The minimum absolute atomic E-state index is 0.134. The third-order valence-electron chi connectivity index (χ3n) is 1.81. The summed E-state index contributed by atoms with van der Waals surface area (Å²) in [6.07, 6.45) is 2.08. The highest BCUT2D eigenvalue weighted by atomic mass is 32.2. The van der Waals surface area contributed by atoms with E-state index in [1.807, 2.05) is 0 Å². The maximum Gasteiger partial charge on any atom is 0.242 e. The third kappa shape index (κ3) is 1.61. The van der Waals surface area contributed by atoms with Gasteiger partial charge in [0.2, 0.25) is 11.8 Å². The predicted molar refractivity (Wildman–Crippen MR) is 45.7 cm³/mol. The van der Waals surface area contributed by atoms with Crippen molar-refractivity contribution in [2.75, 3.05) is 19.4 Å². The normalized spacial score (nSPS) is 23.8. The van der Waals surface area contributed by atoms with Crippen LogP contribution in [0.25, 0.3) is 0 Å². The third-order valence-corrected chi connectivity index (χ3v) is 2.75. The van der Waals surface area contributed by atoms with Crippen LogP contribution in [0.4, 0.5) is 0 Å². The van der Waals surface area contributed by atoms with Crippen molar-refractivity contribution in [2.45, 2.75) is 11.7 Å². The number of aliphatic hydroxyl groups excluding tert-OH is 1. The number of carbonyl (C=O) groups excluding carboxylic acids is 2. The molecule has 2 amide bonds. The van der Waals surface area contributed by atoms with Gasteiger partial charge in [0, 0.05) is 6.42 Å². The van der Waals surface area contributed by atoms with E-state index in [4.69, 9.17) is 5.11 Å². The molecule has 0 aromatic heterocycles. The molecule has 4 nitrogen and oxygen atoms in total. The Balaban J connectivity index is 2.64. The number of likely N-dealkylation sites (tertiary alicyclic amines) is 1. The largest absolute Gasteiger partial charge is 0.395 e. The van der Waals surface area contributed by atoms with Crippen molar-refractivity contribution >= 4 is 23.6 Å². The molecule has 0 saturated carbocycles. The summed E-state index contributed by atoms with van der Waals surface area (Å²) >= 11 is 1.38. The number of aliphatic hydroxyl groups is 1. The first-order valence-electron chi connectivity index (χ1n) is 3.68. The van der Waals surface area contributed by atoms with Crippen molar-refractivity contribution in [1.82, 2.24) is 4.90 Å². The number of hydrogen-bond donors (Lipinski definition) is 1. The molecule has 1 atom stereocenters. The number of β-amino-alcohol motifs (C(OH)–C–C–N with tert-alkyl or cyclic N) is 1. The van der Waals surface area contributed by atoms with Gasteiger partial charge in [-0.25, -0.2) is 0 Å². The molecule has 0 spiro atoms. The molecule has 0 bridgehead atoms. The smallest absolute Gasteiger partial charge is 0.242 e. The Morgan fingerprint density at radius 2 is 2.33 bits per heavy atom. The molecule has 1 aliphatic heterocycles. The van der Waals surface area contributed by atoms with E-state index in [9.17, 15) is 9.59 Å². The highest BCUT2D eigenvalue weighted by Crippen LogP contribution is 2.22. The van der Waals surface area contributed by atoms with Crippen LogP contribution in [-0.4, -0.2) is 46.5 Å². The van der Waals surface area contributed by atoms with E-state index in [-0.39, 0.29) is 36.6 Å². The summed E-state index contributed by atoms with van der Waals surface area (Å²) in [5.74, 6) is -0.338. The van der Waals surface area contributed by atoms with Crippen LogP contribution in [0.2, 0.25) is 0 Å². The lowest BCUT2D eigenvalue weighted by atomic mass is 10.4. The van der Waals surface area contributed by atoms with Gasteiger partial charge in [-0.15, -0.1) is 0 Å². The lowest BCUT2D eigenvalue weighted by Crippen LogP contribution is -2.33. The van der Waals surface area contributed by atoms with Gasteiger partial charge in [0.05, 0.1) is 18.4 Å². The monoisotopic (exact) mass is 189 g/mol. The van der Waals surface area contributed by atoms with Crippen molar-refractivity contribution in [3.63, 3.8) is 0 Å². The first kappa shape index (κ1) is 9.54. The van der Waals surface area contributed by atoms with E-state index in [1.54, 1.807) is 6.26 Å². The van der Waals surface area contributed by atoms with Gasteiger partial charge in [-0.1, -0.05) is 0 Å². The van der Waals surface area contributed by atoms with Crippen molar-refractivity contribution in [2.24, 2.45) is 0 Å². The average Bonchev–Trinajstić information content (AvgIpc) is 2.32. The molecule has 0 aliphatic carbocycles. The molecule has 1 saturated heterocycles. The van der Waals surface area contributed by atoms with Crippen LogP contribution in [-0.2, 0) is 9.59 Å². The molecular formula is C7H11NO3S. The summed E-state index contributed by atoms with van der Waals surface area (Å²) < 4.78 is 0. The molecule has 1 heterocycles. The number of rotatable bonds is 3. The maximum atomic E-state index is 11.3. The lowest BCUT2D eigenvalue weighted by molar-refractivity contribution is -0.138. The summed E-state index contributed by atoms with van der Waals surface area (Å²) in [5, 5.41) is 8.34. The van der Waals surface area contributed by atoms with E-state index in [2.05, 4.69) is 0 Å². The van der Waals surface area contributed by atoms with Crippen LogP contribution in [0.3, 0.4) is 0 Å². The van der Waals surface area contributed by atoms with Crippen molar-refractivity contribution in [1.29, 1.82) is 0 Å². The van der Waals surface area contributed by atoms with Crippen LogP contribution >= 0.6 is 11.8 Å². The Morgan fingerprint density at radius 1 is 1.67 bits per heavy atom. The quantitative estimate of drug-likeness (QED) is 0.606. The highest BCUT2D eigenvalue weighted by Gasteiger charge is 2.37. The number of nitrogens with zero attached hydrogens (tertiary/aromatic N) is 1. The van der Waals surface area contributed by atoms with E-state index >= 15 is 0 Å². The molecule has 0 radical (unpaired) electrons. The number of thioether (sulfide) groups is 1. The fraction of sp³-hybridized carbons (Fsp3) is 0.714. The number of carbonyl (C=O) groups is 2. The van der Waals surface area contributed by atoms with E-state index < -0.39 is 0 Å². The van der Waals surface area contributed by atoms with Gasteiger partial charge in [-0.2, -0.15) is 11.8 Å². The molecule has 5 heteroatoms. The van der Waals surface area contributed by atoms with Crippen LogP contribution in [0.15, 0.2) is 0 Å². The first-order valence-corrected chi connectivity index (χ1v) is 4.97. The zero-order valence-corrected chi connectivity index (χ0v) is 7.63. The molecule has 1 rings (SSSR count). The van der Waals surface area contributed by atoms with Gasteiger partial charge >= 0.3 is 0 Å². The van der Waals surface area contributed by atoms with E-state index in [0.717, 1.165) is 4.90 Å². The molecule has 1 unspecified atom stereocenters. The number of hydrogen-bond acceptors (Lipinski definition) is 4. The fourth-order valence-electron chi connectivity index (χ4n) is 1.17. The Labute approximate surface area is 74.9 Å². The molecule has 12 heavy (non-hydrogen) atoms. The Morgan fingerprint density at radius 3 is 2.75 bits per heavy atom. The van der Waals surface area contributed by atoms with Gasteiger partial charge in [0.15, 0.2) is 0 Å². The lowest BCUT2D eigenvalue weighted by Gasteiger charge is -2.11. The molecule has 1 N–H and O–H groups in total. The van der Waals surface area contributed by atoms with Gasteiger partial charge in [-0.3, -0.25) is 14.5 Å². The molecule has 1 fully saturated rings. The minimum atomic E-state index is -0.232. The average molecular weight is 189 g/mol. The maximum absolute atomic E-state index is 11.3. The summed E-state index contributed by atoms with van der Waals surface area (Å²) in [7, 11) is 0. The highest BCUT2D eigenvalue weighted by molar-refractivity contribution is 8.00.